The highest BCUT2D eigenvalue weighted by molar-refractivity contribution is 7.89. The Morgan fingerprint density at radius 2 is 1.57 bits per heavy atom. The van der Waals surface area contributed by atoms with Crippen molar-refractivity contribution < 1.29 is 21.6 Å². The Bertz CT molecular complexity index is 835. The molecule has 0 saturated heterocycles. The number of rotatable bonds is 3. The Kier molecular flexibility index (Phi) is 5.08. The second-order valence-corrected chi connectivity index (χ2v) is 6.25. The third-order valence-corrected chi connectivity index (χ3v) is 4.28. The van der Waals surface area contributed by atoms with Gasteiger partial charge in [-0.2, -0.15) is 17.9 Å². The maximum absolute atomic E-state index is 12.8. The summed E-state index contributed by atoms with van der Waals surface area (Å²) < 4.78 is 64.4. The molecule has 0 saturated carbocycles. The van der Waals surface area contributed by atoms with Gasteiger partial charge in [0, 0.05) is 5.56 Å². The van der Waals surface area contributed by atoms with Crippen molar-refractivity contribution in [3.05, 3.63) is 65.7 Å². The lowest BCUT2D eigenvalue weighted by Gasteiger charge is -2.08. The third-order valence-electron chi connectivity index (χ3n) is 2.86. The molecule has 0 amide bonds. The number of benzene rings is 2. The maximum Gasteiger partial charge on any atom is 0.417 e. The van der Waals surface area contributed by atoms with Crippen LogP contribution in [0.25, 0.3) is 0 Å². The fourth-order valence-electron chi connectivity index (χ4n) is 1.79. The third kappa shape index (κ3) is 4.58. The number of hydrogen-bond acceptors (Lipinski definition) is 2. The first kappa shape index (κ1) is 17.1. The van der Waals surface area contributed by atoms with E-state index in [1.165, 1.54) is 30.3 Å². The number of nitrogens with one attached hydrogen (secondary N) is 1. The summed E-state index contributed by atoms with van der Waals surface area (Å²) in [6.07, 6.45) is -4.51. The molecular weight excluding hydrogens is 327 g/mol. The van der Waals surface area contributed by atoms with Crippen LogP contribution in [0.4, 0.5) is 13.2 Å². The molecule has 0 spiro atoms. The van der Waals surface area contributed by atoms with Crippen molar-refractivity contribution >= 4 is 10.0 Å². The summed E-state index contributed by atoms with van der Waals surface area (Å²) >= 11 is 0. The van der Waals surface area contributed by atoms with Gasteiger partial charge in [-0.1, -0.05) is 42.2 Å². The van der Waals surface area contributed by atoms with Crippen LogP contribution in [0.2, 0.25) is 0 Å². The van der Waals surface area contributed by atoms with E-state index in [-0.39, 0.29) is 17.0 Å². The molecule has 0 radical (unpaired) electrons. The van der Waals surface area contributed by atoms with Gasteiger partial charge in [0.05, 0.1) is 17.0 Å². The van der Waals surface area contributed by atoms with Gasteiger partial charge >= 0.3 is 6.18 Å². The van der Waals surface area contributed by atoms with Crippen molar-refractivity contribution in [1.29, 1.82) is 0 Å². The van der Waals surface area contributed by atoms with Crippen LogP contribution in [0.15, 0.2) is 59.5 Å². The number of hydrogen-bond donors (Lipinski definition) is 1. The highest BCUT2D eigenvalue weighted by Crippen LogP contribution is 2.31. The molecule has 1 N–H and O–H groups in total. The standard InChI is InChI=1S/C16H12F3NO2S/c17-16(18,19)15-11-5-4-7-13(15)8-6-12-20-23(21,22)14-9-2-1-3-10-14/h1-5,7,9-11,20H,12H2. The quantitative estimate of drug-likeness (QED) is 0.874. The minimum absolute atomic E-state index is 0.0671. The van der Waals surface area contributed by atoms with Crippen LogP contribution in [-0.4, -0.2) is 15.0 Å². The zero-order valence-corrected chi connectivity index (χ0v) is 12.6. The van der Waals surface area contributed by atoms with Crippen molar-refractivity contribution in [3.63, 3.8) is 0 Å². The lowest BCUT2D eigenvalue weighted by atomic mass is 10.1. The Morgan fingerprint density at radius 3 is 2.22 bits per heavy atom. The highest BCUT2D eigenvalue weighted by Gasteiger charge is 2.32. The molecule has 7 heteroatoms. The van der Waals surface area contributed by atoms with E-state index in [0.29, 0.717) is 0 Å². The van der Waals surface area contributed by atoms with Crippen LogP contribution in [0.3, 0.4) is 0 Å². The summed E-state index contributed by atoms with van der Waals surface area (Å²) in [6.45, 7) is -0.288. The van der Waals surface area contributed by atoms with Crippen LogP contribution in [0, 0.1) is 11.8 Å². The van der Waals surface area contributed by atoms with Gasteiger partial charge in [-0.15, -0.1) is 0 Å². The molecule has 0 bridgehead atoms. The lowest BCUT2D eigenvalue weighted by Crippen LogP contribution is -2.23. The lowest BCUT2D eigenvalue weighted by molar-refractivity contribution is -0.137. The van der Waals surface area contributed by atoms with E-state index in [2.05, 4.69) is 16.6 Å². The molecule has 3 nitrogen and oxygen atoms in total. The van der Waals surface area contributed by atoms with E-state index in [1.807, 2.05) is 0 Å². The first-order valence-electron chi connectivity index (χ1n) is 6.50. The molecule has 2 aromatic rings. The largest absolute Gasteiger partial charge is 0.417 e. The smallest absolute Gasteiger partial charge is 0.207 e. The van der Waals surface area contributed by atoms with E-state index in [0.717, 1.165) is 6.07 Å². The van der Waals surface area contributed by atoms with E-state index in [9.17, 15) is 21.6 Å². The Hall–Kier alpha value is -2.30. The molecule has 2 aromatic carbocycles. The summed E-state index contributed by atoms with van der Waals surface area (Å²) in [4.78, 5) is 0.0671. The van der Waals surface area contributed by atoms with E-state index < -0.39 is 21.8 Å². The Morgan fingerprint density at radius 1 is 0.957 bits per heavy atom. The summed E-state index contributed by atoms with van der Waals surface area (Å²) in [5.74, 6) is 4.75. The molecule has 0 aliphatic heterocycles. The minimum Gasteiger partial charge on any atom is -0.207 e. The van der Waals surface area contributed by atoms with Crippen LogP contribution >= 0.6 is 0 Å². The SMILES string of the molecule is O=S(=O)(NCC#Cc1ccccc1C(F)(F)F)c1ccccc1. The van der Waals surface area contributed by atoms with Crippen LogP contribution in [0.5, 0.6) is 0 Å². The fourth-order valence-corrected chi connectivity index (χ4v) is 2.74. The summed E-state index contributed by atoms with van der Waals surface area (Å²) in [5.41, 5.74) is -1.04. The van der Waals surface area contributed by atoms with Crippen molar-refractivity contribution in [1.82, 2.24) is 4.72 Å². The van der Waals surface area contributed by atoms with Gasteiger partial charge in [0.15, 0.2) is 0 Å². The predicted molar refractivity (Wildman–Crippen MR) is 80.0 cm³/mol. The molecule has 0 atom stereocenters. The monoisotopic (exact) mass is 339 g/mol. The average Bonchev–Trinajstić information content (AvgIpc) is 2.52. The van der Waals surface area contributed by atoms with Gasteiger partial charge in [-0.05, 0) is 24.3 Å². The van der Waals surface area contributed by atoms with Gasteiger partial charge in [0.1, 0.15) is 0 Å². The van der Waals surface area contributed by atoms with Crippen LogP contribution in [0.1, 0.15) is 11.1 Å². The Balaban J connectivity index is 2.11. The average molecular weight is 339 g/mol. The molecule has 23 heavy (non-hydrogen) atoms. The van der Waals surface area contributed by atoms with Gasteiger partial charge in [-0.25, -0.2) is 8.42 Å². The number of sulfonamides is 1. The molecule has 0 fully saturated rings. The van der Waals surface area contributed by atoms with Crippen LogP contribution in [-0.2, 0) is 16.2 Å². The minimum atomic E-state index is -4.51. The normalized spacial score (nSPS) is 11.6. The van der Waals surface area contributed by atoms with Gasteiger partial charge in [-0.3, -0.25) is 0 Å². The second kappa shape index (κ2) is 6.86. The summed E-state index contributed by atoms with van der Waals surface area (Å²) in [6, 6.07) is 12.5. The Labute approximate surface area is 132 Å². The van der Waals surface area contributed by atoms with Crippen molar-refractivity contribution in [2.75, 3.05) is 6.54 Å². The molecule has 0 aliphatic carbocycles. The van der Waals surface area contributed by atoms with E-state index >= 15 is 0 Å². The van der Waals surface area contributed by atoms with Gasteiger partial charge in [0.2, 0.25) is 10.0 Å². The predicted octanol–water partition coefficient (Wildman–Crippen LogP) is 3.04. The van der Waals surface area contributed by atoms with Crippen LogP contribution < -0.4 is 4.72 Å². The van der Waals surface area contributed by atoms with Gasteiger partial charge in [0.25, 0.3) is 0 Å². The molecule has 0 aromatic heterocycles. The van der Waals surface area contributed by atoms with E-state index in [1.54, 1.807) is 18.2 Å². The van der Waals surface area contributed by atoms with E-state index in [4.69, 9.17) is 0 Å². The molecular formula is C16H12F3NO2S. The summed E-state index contributed by atoms with van der Waals surface area (Å²) in [5, 5.41) is 0. The zero-order valence-electron chi connectivity index (χ0n) is 11.8. The zero-order chi connectivity index (χ0) is 16.9. The van der Waals surface area contributed by atoms with Gasteiger partial charge < -0.3 is 0 Å². The maximum atomic E-state index is 12.8. The first-order valence-corrected chi connectivity index (χ1v) is 7.99. The second-order valence-electron chi connectivity index (χ2n) is 4.48. The highest BCUT2D eigenvalue weighted by atomic mass is 32.2. The first-order chi connectivity index (χ1) is 10.8. The molecule has 0 unspecified atom stereocenters. The molecule has 0 heterocycles. The number of alkyl halides is 3. The van der Waals surface area contributed by atoms with Crippen molar-refractivity contribution in [2.45, 2.75) is 11.1 Å². The molecule has 120 valence electrons. The summed E-state index contributed by atoms with van der Waals surface area (Å²) in [7, 11) is -3.73. The number of halogens is 3. The van der Waals surface area contributed by atoms with Crippen molar-refractivity contribution in [2.24, 2.45) is 0 Å². The molecule has 0 aliphatic rings. The van der Waals surface area contributed by atoms with Crippen molar-refractivity contribution in [3.8, 4) is 11.8 Å². The fraction of sp³-hybridized carbons (Fsp3) is 0.125. The topological polar surface area (TPSA) is 46.2 Å². The molecule has 2 rings (SSSR count).